The standard InChI is InChI=1S/C28H32N8O3/c1-35(15-12-20-7-2-3-13-32-20)27(39)19-10-11-23-22(17-19)34-26(18-6-4-8-21(37)16-18)36(23)24(25(29)38)9-5-14-33-28(30)31/h2-4,6-8,10-11,13,16-17,24,37H,5,9,12,14-15H2,1H3,(H2,29,38)(H4,30,31,33)/t24-/m1/s1. The number of nitrogens with zero attached hydrogens (tertiary/aromatic N) is 5. The van der Waals surface area contributed by atoms with Gasteiger partial charge in [0.05, 0.1) is 11.0 Å². The van der Waals surface area contributed by atoms with Crippen molar-refractivity contribution in [1.82, 2.24) is 19.4 Å². The summed E-state index contributed by atoms with van der Waals surface area (Å²) in [6, 6.07) is 16.7. The largest absolute Gasteiger partial charge is 0.508 e. The number of pyridine rings is 1. The van der Waals surface area contributed by atoms with Gasteiger partial charge < -0.3 is 31.8 Å². The van der Waals surface area contributed by atoms with E-state index in [2.05, 4.69) is 9.98 Å². The van der Waals surface area contributed by atoms with Gasteiger partial charge in [-0.15, -0.1) is 0 Å². The number of nitrogens with two attached hydrogens (primary N) is 3. The quantitative estimate of drug-likeness (QED) is 0.131. The lowest BCUT2D eigenvalue weighted by Crippen LogP contribution is -2.29. The number of rotatable bonds is 11. The number of hydrogen-bond acceptors (Lipinski definition) is 6. The van der Waals surface area contributed by atoms with E-state index >= 15 is 0 Å². The van der Waals surface area contributed by atoms with Crippen LogP contribution >= 0.6 is 0 Å². The molecular weight excluding hydrogens is 496 g/mol. The SMILES string of the molecule is CN(CCc1ccccn1)C(=O)c1ccc2c(c1)nc(-c1cccc(O)c1)n2[C@H](CCCN=C(N)N)C(N)=O. The third-order valence-corrected chi connectivity index (χ3v) is 6.39. The van der Waals surface area contributed by atoms with Crippen molar-refractivity contribution in [3.05, 3.63) is 78.1 Å². The fraction of sp³-hybridized carbons (Fsp3) is 0.250. The van der Waals surface area contributed by atoms with Crippen molar-refractivity contribution in [1.29, 1.82) is 0 Å². The molecule has 2 amide bonds. The molecule has 4 rings (SSSR count). The second kappa shape index (κ2) is 12.1. The first-order valence-electron chi connectivity index (χ1n) is 12.6. The molecule has 11 heteroatoms. The Labute approximate surface area is 226 Å². The van der Waals surface area contributed by atoms with Gasteiger partial charge >= 0.3 is 0 Å². The van der Waals surface area contributed by atoms with Gasteiger partial charge in [-0.3, -0.25) is 19.6 Å². The minimum Gasteiger partial charge on any atom is -0.508 e. The Bertz CT molecular complexity index is 1500. The van der Waals surface area contributed by atoms with E-state index in [-0.39, 0.29) is 17.6 Å². The predicted molar refractivity (Wildman–Crippen MR) is 150 cm³/mol. The number of phenolic OH excluding ortho intramolecular Hbond substituents is 1. The molecule has 7 N–H and O–H groups in total. The van der Waals surface area contributed by atoms with Gasteiger partial charge in [0.15, 0.2) is 5.96 Å². The van der Waals surface area contributed by atoms with Crippen molar-refractivity contribution in [3.63, 3.8) is 0 Å². The first-order chi connectivity index (χ1) is 18.7. The normalized spacial score (nSPS) is 11.7. The van der Waals surface area contributed by atoms with E-state index < -0.39 is 11.9 Å². The molecule has 2 aromatic heterocycles. The summed E-state index contributed by atoms with van der Waals surface area (Å²) in [5, 5.41) is 10.1. The van der Waals surface area contributed by atoms with Crippen LogP contribution in [-0.4, -0.2) is 62.5 Å². The lowest BCUT2D eigenvalue weighted by Gasteiger charge is -2.19. The van der Waals surface area contributed by atoms with Crippen LogP contribution in [-0.2, 0) is 11.2 Å². The first kappa shape index (κ1) is 27.1. The molecule has 0 aliphatic rings. The molecule has 0 aliphatic heterocycles. The van der Waals surface area contributed by atoms with E-state index in [4.69, 9.17) is 22.2 Å². The van der Waals surface area contributed by atoms with E-state index in [1.54, 1.807) is 65.2 Å². The maximum Gasteiger partial charge on any atom is 0.253 e. The number of aliphatic imine (C=N–C) groups is 1. The van der Waals surface area contributed by atoms with Crippen molar-refractivity contribution in [2.24, 2.45) is 22.2 Å². The molecule has 0 radical (unpaired) electrons. The van der Waals surface area contributed by atoms with Gasteiger partial charge in [-0.25, -0.2) is 4.98 Å². The molecule has 202 valence electrons. The van der Waals surface area contributed by atoms with Crippen LogP contribution in [0.25, 0.3) is 22.4 Å². The van der Waals surface area contributed by atoms with Crippen molar-refractivity contribution in [3.8, 4) is 17.1 Å². The average Bonchev–Trinajstić information content (AvgIpc) is 3.30. The fourth-order valence-electron chi connectivity index (χ4n) is 4.44. The third kappa shape index (κ3) is 6.50. The van der Waals surface area contributed by atoms with Gasteiger partial charge in [-0.1, -0.05) is 18.2 Å². The number of aromatic nitrogens is 3. The summed E-state index contributed by atoms with van der Waals surface area (Å²) in [5.74, 6) is -0.235. The number of carbonyl (C=O) groups is 2. The molecule has 0 aliphatic carbocycles. The molecule has 4 aromatic rings. The number of imidazole rings is 1. The second-order valence-corrected chi connectivity index (χ2v) is 9.22. The summed E-state index contributed by atoms with van der Waals surface area (Å²) in [4.78, 5) is 40.6. The summed E-state index contributed by atoms with van der Waals surface area (Å²) in [6.45, 7) is 0.833. The Morgan fingerprint density at radius 3 is 2.59 bits per heavy atom. The van der Waals surface area contributed by atoms with Gasteiger partial charge in [-0.2, -0.15) is 0 Å². The minimum absolute atomic E-state index is 0.0265. The van der Waals surface area contributed by atoms with E-state index in [1.807, 2.05) is 18.2 Å². The van der Waals surface area contributed by atoms with Crippen LogP contribution in [0, 0.1) is 0 Å². The molecular formula is C28H32N8O3. The second-order valence-electron chi connectivity index (χ2n) is 9.22. The number of phenols is 1. The van der Waals surface area contributed by atoms with E-state index in [0.29, 0.717) is 60.3 Å². The van der Waals surface area contributed by atoms with E-state index in [1.165, 1.54) is 0 Å². The van der Waals surface area contributed by atoms with Crippen LogP contribution in [0.15, 0.2) is 71.9 Å². The Kier molecular flexibility index (Phi) is 8.40. The Morgan fingerprint density at radius 1 is 1.08 bits per heavy atom. The molecule has 0 spiro atoms. The number of guanidine groups is 1. The minimum atomic E-state index is -0.760. The molecule has 2 aromatic carbocycles. The summed E-state index contributed by atoms with van der Waals surface area (Å²) in [7, 11) is 1.74. The highest BCUT2D eigenvalue weighted by atomic mass is 16.3. The number of hydrogen-bond donors (Lipinski definition) is 4. The lowest BCUT2D eigenvalue weighted by molar-refractivity contribution is -0.121. The van der Waals surface area contributed by atoms with Crippen molar-refractivity contribution < 1.29 is 14.7 Å². The number of amides is 2. The van der Waals surface area contributed by atoms with Crippen LogP contribution in [0.2, 0.25) is 0 Å². The highest BCUT2D eigenvalue weighted by Crippen LogP contribution is 2.32. The maximum absolute atomic E-state index is 13.2. The zero-order chi connectivity index (χ0) is 27.9. The molecule has 2 heterocycles. The van der Waals surface area contributed by atoms with E-state index in [9.17, 15) is 14.7 Å². The van der Waals surface area contributed by atoms with Crippen LogP contribution in [0.3, 0.4) is 0 Å². The van der Waals surface area contributed by atoms with Crippen LogP contribution in [0.1, 0.15) is 34.9 Å². The van der Waals surface area contributed by atoms with Gasteiger partial charge in [-0.05, 0) is 55.3 Å². The molecule has 11 nitrogen and oxygen atoms in total. The van der Waals surface area contributed by atoms with E-state index in [0.717, 1.165) is 5.69 Å². The number of fused-ring (bicyclic) bond motifs is 1. The Morgan fingerprint density at radius 2 is 1.90 bits per heavy atom. The van der Waals surface area contributed by atoms with Crippen LogP contribution < -0.4 is 17.2 Å². The monoisotopic (exact) mass is 528 g/mol. The number of benzene rings is 2. The van der Waals surface area contributed by atoms with Gasteiger partial charge in [0.1, 0.15) is 17.6 Å². The summed E-state index contributed by atoms with van der Waals surface area (Å²) in [5.41, 5.74) is 19.8. The van der Waals surface area contributed by atoms with Crippen molar-refractivity contribution in [2.45, 2.75) is 25.3 Å². The van der Waals surface area contributed by atoms with Gasteiger partial charge in [0, 0.05) is 49.6 Å². The Hall–Kier alpha value is -4.93. The van der Waals surface area contributed by atoms with Gasteiger partial charge in [0.2, 0.25) is 5.91 Å². The Balaban J connectivity index is 1.69. The summed E-state index contributed by atoms with van der Waals surface area (Å²) < 4.78 is 1.75. The highest BCUT2D eigenvalue weighted by Gasteiger charge is 2.25. The average molecular weight is 529 g/mol. The number of primary amides is 1. The summed E-state index contributed by atoms with van der Waals surface area (Å²) >= 11 is 0. The van der Waals surface area contributed by atoms with Crippen molar-refractivity contribution in [2.75, 3.05) is 20.1 Å². The first-order valence-corrected chi connectivity index (χ1v) is 12.6. The smallest absolute Gasteiger partial charge is 0.253 e. The van der Waals surface area contributed by atoms with Gasteiger partial charge in [0.25, 0.3) is 5.91 Å². The number of likely N-dealkylation sites (N-methyl/N-ethyl adjacent to an activating group) is 1. The molecule has 1 atom stereocenters. The molecule has 0 unspecified atom stereocenters. The molecule has 39 heavy (non-hydrogen) atoms. The molecule has 0 saturated carbocycles. The molecule has 0 bridgehead atoms. The number of aromatic hydroxyl groups is 1. The molecule has 0 saturated heterocycles. The fourth-order valence-corrected chi connectivity index (χ4v) is 4.44. The van der Waals surface area contributed by atoms with Crippen LogP contribution in [0.5, 0.6) is 5.75 Å². The number of carbonyl (C=O) groups excluding carboxylic acids is 2. The predicted octanol–water partition coefficient (Wildman–Crippen LogP) is 2.20. The zero-order valence-corrected chi connectivity index (χ0v) is 21.7. The van der Waals surface area contributed by atoms with Crippen molar-refractivity contribution >= 4 is 28.8 Å². The van der Waals surface area contributed by atoms with Crippen LogP contribution in [0.4, 0.5) is 0 Å². The molecule has 0 fully saturated rings. The summed E-state index contributed by atoms with van der Waals surface area (Å²) in [6.07, 6.45) is 3.22. The lowest BCUT2D eigenvalue weighted by atomic mass is 10.1. The highest BCUT2D eigenvalue weighted by molar-refractivity contribution is 5.98. The maximum atomic E-state index is 13.2. The topological polar surface area (TPSA) is 179 Å². The zero-order valence-electron chi connectivity index (χ0n) is 21.7. The third-order valence-electron chi connectivity index (χ3n) is 6.39.